The van der Waals surface area contributed by atoms with Crippen LogP contribution in [0.1, 0.15) is 21.6 Å². The Morgan fingerprint density at radius 3 is 2.67 bits per heavy atom. The number of carbonyl (C=O) groups excluding carboxylic acids is 1. The van der Waals surface area contributed by atoms with Crippen LogP contribution in [0.25, 0.3) is 11.3 Å². The summed E-state index contributed by atoms with van der Waals surface area (Å²) in [5, 5.41) is 6.98. The summed E-state index contributed by atoms with van der Waals surface area (Å²) < 4.78 is 40.7. The minimum absolute atomic E-state index is 0.153. The number of aromatic nitrogens is 3. The zero-order valence-electron chi connectivity index (χ0n) is 14.5. The number of hydrogen-bond donors (Lipinski definition) is 1. The first-order chi connectivity index (χ1) is 12.9. The number of halogens is 3. The molecule has 2 aromatic heterocycles. The molecule has 0 aliphatic heterocycles. The molecular weight excluding hydrogens is 357 g/mol. The number of rotatable bonds is 5. The quantitative estimate of drug-likeness (QED) is 0.741. The first-order valence-corrected chi connectivity index (χ1v) is 8.25. The highest BCUT2D eigenvalue weighted by Gasteiger charge is 2.34. The zero-order chi connectivity index (χ0) is 19.4. The maximum absolute atomic E-state index is 13.0. The van der Waals surface area contributed by atoms with Gasteiger partial charge in [0.25, 0.3) is 5.91 Å². The summed E-state index contributed by atoms with van der Waals surface area (Å²) in [6, 6.07) is 10.3. The monoisotopic (exact) mass is 374 g/mol. The molecule has 2 heterocycles. The molecule has 0 saturated carbocycles. The Balaban J connectivity index is 1.66. The summed E-state index contributed by atoms with van der Waals surface area (Å²) in [4.78, 5) is 16.2. The summed E-state index contributed by atoms with van der Waals surface area (Å²) in [6.07, 6.45) is -1.21. The van der Waals surface area contributed by atoms with Crippen LogP contribution in [0.5, 0.6) is 0 Å². The van der Waals surface area contributed by atoms with Gasteiger partial charge in [0.15, 0.2) is 0 Å². The van der Waals surface area contributed by atoms with Crippen molar-refractivity contribution in [2.24, 2.45) is 0 Å². The highest BCUT2D eigenvalue weighted by Crippen LogP contribution is 2.31. The van der Waals surface area contributed by atoms with Crippen molar-refractivity contribution in [3.05, 3.63) is 71.7 Å². The average molecular weight is 374 g/mol. The van der Waals surface area contributed by atoms with Gasteiger partial charge in [-0.1, -0.05) is 12.1 Å². The molecule has 0 atom stereocenters. The SMILES string of the molecule is Cc1cc(-c2cccnc2)nn1CCNC(=O)c1ccccc1C(F)(F)F. The highest BCUT2D eigenvalue weighted by atomic mass is 19.4. The van der Waals surface area contributed by atoms with Crippen molar-refractivity contribution in [2.45, 2.75) is 19.6 Å². The van der Waals surface area contributed by atoms with Gasteiger partial charge in [0.1, 0.15) is 0 Å². The number of benzene rings is 1. The van der Waals surface area contributed by atoms with Crippen LogP contribution in [0.3, 0.4) is 0 Å². The fraction of sp³-hybridized carbons (Fsp3) is 0.211. The van der Waals surface area contributed by atoms with E-state index in [9.17, 15) is 18.0 Å². The van der Waals surface area contributed by atoms with Crippen molar-refractivity contribution in [2.75, 3.05) is 6.54 Å². The summed E-state index contributed by atoms with van der Waals surface area (Å²) >= 11 is 0. The van der Waals surface area contributed by atoms with Crippen molar-refractivity contribution in [3.63, 3.8) is 0 Å². The van der Waals surface area contributed by atoms with E-state index in [1.807, 2.05) is 25.1 Å². The van der Waals surface area contributed by atoms with Gasteiger partial charge < -0.3 is 5.32 Å². The fourth-order valence-electron chi connectivity index (χ4n) is 2.69. The van der Waals surface area contributed by atoms with Gasteiger partial charge >= 0.3 is 6.18 Å². The van der Waals surface area contributed by atoms with Gasteiger partial charge in [0.05, 0.1) is 23.4 Å². The Morgan fingerprint density at radius 2 is 1.96 bits per heavy atom. The number of pyridine rings is 1. The molecule has 27 heavy (non-hydrogen) atoms. The first kappa shape index (κ1) is 18.6. The molecule has 5 nitrogen and oxygen atoms in total. The summed E-state index contributed by atoms with van der Waals surface area (Å²) in [5.41, 5.74) is 1.14. The molecule has 0 radical (unpaired) electrons. The average Bonchev–Trinajstić information content (AvgIpc) is 3.02. The predicted molar refractivity (Wildman–Crippen MR) is 94.0 cm³/mol. The molecule has 0 fully saturated rings. The van der Waals surface area contributed by atoms with Crippen LogP contribution in [0.15, 0.2) is 54.9 Å². The van der Waals surface area contributed by atoms with Crippen molar-refractivity contribution < 1.29 is 18.0 Å². The molecule has 1 amide bonds. The van der Waals surface area contributed by atoms with Gasteiger partial charge in [-0.05, 0) is 37.3 Å². The Labute approximate surface area is 153 Å². The summed E-state index contributed by atoms with van der Waals surface area (Å²) in [7, 11) is 0. The Hall–Kier alpha value is -3.16. The highest BCUT2D eigenvalue weighted by molar-refractivity contribution is 5.95. The summed E-state index contributed by atoms with van der Waals surface area (Å²) in [6.45, 7) is 2.36. The van der Waals surface area contributed by atoms with Crippen molar-refractivity contribution >= 4 is 5.91 Å². The number of hydrogen-bond acceptors (Lipinski definition) is 3. The lowest BCUT2D eigenvalue weighted by atomic mass is 10.1. The molecule has 1 N–H and O–H groups in total. The van der Waals surface area contributed by atoms with E-state index in [0.717, 1.165) is 29.1 Å². The number of nitrogens with one attached hydrogen (secondary N) is 1. The fourth-order valence-corrected chi connectivity index (χ4v) is 2.69. The molecule has 3 aromatic rings. The van der Waals surface area contributed by atoms with Crippen LogP contribution in [0.4, 0.5) is 13.2 Å². The molecular formula is C19H17F3N4O. The largest absolute Gasteiger partial charge is 0.417 e. The second-order valence-corrected chi connectivity index (χ2v) is 5.94. The normalized spacial score (nSPS) is 11.4. The Kier molecular flexibility index (Phi) is 5.25. The minimum Gasteiger partial charge on any atom is -0.350 e. The van der Waals surface area contributed by atoms with E-state index in [0.29, 0.717) is 6.54 Å². The second-order valence-electron chi connectivity index (χ2n) is 5.94. The lowest BCUT2D eigenvalue weighted by Crippen LogP contribution is -2.29. The van der Waals surface area contributed by atoms with Crippen LogP contribution in [0, 0.1) is 6.92 Å². The lowest BCUT2D eigenvalue weighted by molar-refractivity contribution is -0.137. The number of aryl methyl sites for hydroxylation is 1. The molecule has 3 rings (SSSR count). The third kappa shape index (κ3) is 4.33. The van der Waals surface area contributed by atoms with Crippen LogP contribution in [-0.2, 0) is 12.7 Å². The third-order valence-corrected chi connectivity index (χ3v) is 4.02. The smallest absolute Gasteiger partial charge is 0.350 e. The van der Waals surface area contributed by atoms with Crippen LogP contribution >= 0.6 is 0 Å². The number of carbonyl (C=O) groups is 1. The Morgan fingerprint density at radius 1 is 1.19 bits per heavy atom. The first-order valence-electron chi connectivity index (χ1n) is 8.25. The number of alkyl halides is 3. The van der Waals surface area contributed by atoms with Crippen LogP contribution in [0.2, 0.25) is 0 Å². The minimum atomic E-state index is -4.58. The number of amides is 1. The molecule has 0 spiro atoms. The van der Waals surface area contributed by atoms with E-state index in [1.54, 1.807) is 17.1 Å². The van der Waals surface area contributed by atoms with Gasteiger partial charge in [-0.2, -0.15) is 18.3 Å². The van der Waals surface area contributed by atoms with Gasteiger partial charge in [0, 0.05) is 30.2 Å². The molecule has 0 aliphatic carbocycles. The molecule has 0 unspecified atom stereocenters. The van der Waals surface area contributed by atoms with E-state index < -0.39 is 23.2 Å². The number of nitrogens with zero attached hydrogens (tertiary/aromatic N) is 3. The maximum atomic E-state index is 13.0. The van der Waals surface area contributed by atoms with Crippen molar-refractivity contribution in [1.82, 2.24) is 20.1 Å². The lowest BCUT2D eigenvalue weighted by Gasteiger charge is -2.13. The van der Waals surface area contributed by atoms with Gasteiger partial charge in [-0.25, -0.2) is 0 Å². The topological polar surface area (TPSA) is 59.8 Å². The summed E-state index contributed by atoms with van der Waals surface area (Å²) in [5.74, 6) is -0.764. The van der Waals surface area contributed by atoms with E-state index in [-0.39, 0.29) is 6.54 Å². The second kappa shape index (κ2) is 7.61. The standard InChI is InChI=1S/C19H17F3N4O/c1-13-11-17(14-5-4-8-23-12-14)25-26(13)10-9-24-18(27)15-6-2-3-7-16(15)19(20,21)22/h2-8,11-12H,9-10H2,1H3,(H,24,27). The van der Waals surface area contributed by atoms with E-state index in [1.165, 1.54) is 12.1 Å². The van der Waals surface area contributed by atoms with Crippen molar-refractivity contribution in [1.29, 1.82) is 0 Å². The van der Waals surface area contributed by atoms with Gasteiger partial charge in [-0.15, -0.1) is 0 Å². The van der Waals surface area contributed by atoms with Gasteiger partial charge in [0.2, 0.25) is 0 Å². The van der Waals surface area contributed by atoms with Crippen molar-refractivity contribution in [3.8, 4) is 11.3 Å². The molecule has 0 saturated heterocycles. The third-order valence-electron chi connectivity index (χ3n) is 4.02. The molecule has 0 aliphatic rings. The zero-order valence-corrected chi connectivity index (χ0v) is 14.5. The molecule has 1 aromatic carbocycles. The van der Waals surface area contributed by atoms with E-state index in [4.69, 9.17) is 0 Å². The molecule has 0 bridgehead atoms. The maximum Gasteiger partial charge on any atom is 0.417 e. The van der Waals surface area contributed by atoms with Crippen LogP contribution in [-0.4, -0.2) is 27.2 Å². The van der Waals surface area contributed by atoms with E-state index in [2.05, 4.69) is 15.4 Å². The van der Waals surface area contributed by atoms with E-state index >= 15 is 0 Å². The Bertz CT molecular complexity index is 936. The van der Waals surface area contributed by atoms with Gasteiger partial charge in [-0.3, -0.25) is 14.5 Å². The molecule has 140 valence electrons. The predicted octanol–water partition coefficient (Wildman–Crippen LogP) is 3.70. The molecule has 8 heteroatoms. The van der Waals surface area contributed by atoms with Crippen LogP contribution < -0.4 is 5.32 Å².